The minimum Gasteiger partial charge on any atom is -0.391 e. The Hall–Kier alpha value is -0.850. The Bertz CT molecular complexity index is 341. The summed E-state index contributed by atoms with van der Waals surface area (Å²) in [4.78, 5) is 25.2. The maximum atomic E-state index is 11.8. The first-order valence-corrected chi connectivity index (χ1v) is 7.10. The first kappa shape index (κ1) is 17.2. The topological polar surface area (TPSA) is 81.7 Å². The summed E-state index contributed by atoms with van der Waals surface area (Å²) in [6.45, 7) is 2.61. The second-order valence-corrected chi connectivity index (χ2v) is 5.42. The van der Waals surface area contributed by atoms with Crippen molar-refractivity contribution in [1.82, 2.24) is 15.5 Å². The lowest BCUT2D eigenvalue weighted by atomic mass is 10.1. The van der Waals surface area contributed by atoms with E-state index in [9.17, 15) is 14.7 Å². The molecule has 2 saturated heterocycles. The molecule has 2 unspecified atom stereocenters. The van der Waals surface area contributed by atoms with E-state index in [0.717, 1.165) is 25.8 Å². The van der Waals surface area contributed by atoms with Crippen LogP contribution in [0.15, 0.2) is 0 Å². The first-order chi connectivity index (χ1) is 9.16. The van der Waals surface area contributed by atoms with Gasteiger partial charge in [-0.1, -0.05) is 6.42 Å². The molecule has 0 saturated carbocycles. The number of aliphatic hydroxyl groups excluding tert-OH is 1. The van der Waals surface area contributed by atoms with Gasteiger partial charge in [-0.2, -0.15) is 0 Å². The molecule has 2 fully saturated rings. The molecular weight excluding hydrogens is 282 g/mol. The highest BCUT2D eigenvalue weighted by molar-refractivity contribution is 5.85. The Kier molecular flexibility index (Phi) is 7.26. The van der Waals surface area contributed by atoms with E-state index in [1.165, 1.54) is 0 Å². The molecule has 0 aromatic heterocycles. The van der Waals surface area contributed by atoms with Crippen LogP contribution < -0.4 is 10.6 Å². The summed E-state index contributed by atoms with van der Waals surface area (Å²) < 4.78 is 0. The average molecular weight is 306 g/mol. The van der Waals surface area contributed by atoms with Gasteiger partial charge >= 0.3 is 0 Å². The van der Waals surface area contributed by atoms with E-state index in [4.69, 9.17) is 0 Å². The number of aliphatic hydroxyl groups is 1. The zero-order valence-electron chi connectivity index (χ0n) is 11.6. The quantitative estimate of drug-likeness (QED) is 0.654. The van der Waals surface area contributed by atoms with E-state index in [0.29, 0.717) is 26.1 Å². The molecular formula is C13H24ClN3O3. The largest absolute Gasteiger partial charge is 0.391 e. The number of nitrogens with zero attached hydrogens (tertiary/aromatic N) is 1. The van der Waals surface area contributed by atoms with E-state index < -0.39 is 0 Å². The van der Waals surface area contributed by atoms with Gasteiger partial charge in [-0.3, -0.25) is 9.59 Å². The van der Waals surface area contributed by atoms with Crippen molar-refractivity contribution in [1.29, 1.82) is 0 Å². The zero-order valence-corrected chi connectivity index (χ0v) is 12.5. The molecule has 2 aliphatic rings. The maximum absolute atomic E-state index is 11.8. The molecule has 3 N–H and O–H groups in total. The van der Waals surface area contributed by atoms with Crippen LogP contribution >= 0.6 is 12.4 Å². The standard InChI is InChI=1S/C13H23N3O3.ClH/c17-11-8-14-6-10(11)7-15-12(18)9-16-5-3-1-2-4-13(16)19;/h10-11,14,17H,1-9H2,(H,15,18);1H. The number of halogens is 1. The van der Waals surface area contributed by atoms with Crippen LogP contribution in [0.1, 0.15) is 25.7 Å². The molecule has 2 heterocycles. The fourth-order valence-electron chi connectivity index (χ4n) is 2.61. The third-order valence-corrected chi connectivity index (χ3v) is 3.87. The highest BCUT2D eigenvalue weighted by atomic mass is 35.5. The Labute approximate surface area is 125 Å². The second-order valence-electron chi connectivity index (χ2n) is 5.42. The van der Waals surface area contributed by atoms with Crippen molar-refractivity contribution in [3.63, 3.8) is 0 Å². The molecule has 7 heteroatoms. The number of amides is 2. The molecule has 0 spiro atoms. The first-order valence-electron chi connectivity index (χ1n) is 7.10. The predicted octanol–water partition coefficient (Wildman–Crippen LogP) is -0.493. The monoisotopic (exact) mass is 305 g/mol. The third kappa shape index (κ3) is 4.92. The smallest absolute Gasteiger partial charge is 0.239 e. The molecule has 116 valence electrons. The van der Waals surface area contributed by atoms with Gasteiger partial charge in [-0.05, 0) is 12.8 Å². The molecule has 0 bridgehead atoms. The number of nitrogens with one attached hydrogen (secondary N) is 2. The molecule has 2 atom stereocenters. The lowest BCUT2D eigenvalue weighted by molar-refractivity contribution is -0.135. The number of carbonyl (C=O) groups is 2. The summed E-state index contributed by atoms with van der Waals surface area (Å²) in [6, 6.07) is 0. The van der Waals surface area contributed by atoms with E-state index in [2.05, 4.69) is 10.6 Å². The van der Waals surface area contributed by atoms with Gasteiger partial charge in [0.15, 0.2) is 0 Å². The minimum absolute atomic E-state index is 0. The fraction of sp³-hybridized carbons (Fsp3) is 0.846. The number of likely N-dealkylation sites (tertiary alicyclic amines) is 1. The van der Waals surface area contributed by atoms with Crippen LogP contribution in [0.5, 0.6) is 0 Å². The summed E-state index contributed by atoms with van der Waals surface area (Å²) in [6.07, 6.45) is 3.13. The molecule has 0 radical (unpaired) electrons. The van der Waals surface area contributed by atoms with Crippen LogP contribution in [0.25, 0.3) is 0 Å². The fourth-order valence-corrected chi connectivity index (χ4v) is 2.61. The van der Waals surface area contributed by atoms with Crippen LogP contribution in [0.3, 0.4) is 0 Å². The SMILES string of the molecule is Cl.O=C(CN1CCCCCC1=O)NCC1CNCC1O. The van der Waals surface area contributed by atoms with Crippen LogP contribution in [0.4, 0.5) is 0 Å². The summed E-state index contributed by atoms with van der Waals surface area (Å²) in [5.41, 5.74) is 0. The van der Waals surface area contributed by atoms with Crippen molar-refractivity contribution in [3.8, 4) is 0 Å². The summed E-state index contributed by atoms with van der Waals surface area (Å²) in [5, 5.41) is 15.5. The highest BCUT2D eigenvalue weighted by Crippen LogP contribution is 2.11. The zero-order chi connectivity index (χ0) is 13.7. The Morgan fingerprint density at radius 2 is 2.15 bits per heavy atom. The Morgan fingerprint density at radius 3 is 2.85 bits per heavy atom. The van der Waals surface area contributed by atoms with Crippen molar-refractivity contribution in [2.24, 2.45) is 5.92 Å². The van der Waals surface area contributed by atoms with Gasteiger partial charge in [-0.15, -0.1) is 12.4 Å². The molecule has 2 aliphatic heterocycles. The van der Waals surface area contributed by atoms with Gasteiger partial charge in [0.2, 0.25) is 11.8 Å². The lowest BCUT2D eigenvalue weighted by Crippen LogP contribution is -2.43. The summed E-state index contributed by atoms with van der Waals surface area (Å²) >= 11 is 0. The molecule has 0 aromatic carbocycles. The van der Waals surface area contributed by atoms with Crippen molar-refractivity contribution in [3.05, 3.63) is 0 Å². The van der Waals surface area contributed by atoms with Gasteiger partial charge in [-0.25, -0.2) is 0 Å². The number of hydrogen-bond donors (Lipinski definition) is 3. The number of β-amino-alcohol motifs (C(OH)–C–C–N with tert-alkyl or cyclic N) is 1. The van der Waals surface area contributed by atoms with Gasteiger partial charge in [0.25, 0.3) is 0 Å². The molecule has 0 aromatic rings. The Balaban J connectivity index is 0.00000200. The number of carbonyl (C=O) groups excluding carboxylic acids is 2. The van der Waals surface area contributed by atoms with Crippen molar-refractivity contribution in [2.45, 2.75) is 31.8 Å². The van der Waals surface area contributed by atoms with E-state index in [1.54, 1.807) is 4.90 Å². The lowest BCUT2D eigenvalue weighted by Gasteiger charge is -2.21. The molecule has 20 heavy (non-hydrogen) atoms. The van der Waals surface area contributed by atoms with Crippen LogP contribution in [0, 0.1) is 5.92 Å². The highest BCUT2D eigenvalue weighted by Gasteiger charge is 2.25. The maximum Gasteiger partial charge on any atom is 0.239 e. The van der Waals surface area contributed by atoms with Crippen LogP contribution in [-0.4, -0.2) is 60.6 Å². The molecule has 2 amide bonds. The number of rotatable bonds is 4. The van der Waals surface area contributed by atoms with Gasteiger partial charge in [0.1, 0.15) is 0 Å². The summed E-state index contributed by atoms with van der Waals surface area (Å²) in [7, 11) is 0. The predicted molar refractivity (Wildman–Crippen MR) is 77.7 cm³/mol. The van der Waals surface area contributed by atoms with Gasteiger partial charge in [0, 0.05) is 38.5 Å². The van der Waals surface area contributed by atoms with E-state index >= 15 is 0 Å². The van der Waals surface area contributed by atoms with Crippen molar-refractivity contribution >= 4 is 24.2 Å². The average Bonchev–Trinajstić information content (AvgIpc) is 2.69. The third-order valence-electron chi connectivity index (χ3n) is 3.87. The minimum atomic E-state index is -0.389. The molecule has 2 rings (SSSR count). The van der Waals surface area contributed by atoms with Crippen molar-refractivity contribution < 1.29 is 14.7 Å². The molecule has 6 nitrogen and oxygen atoms in total. The van der Waals surface area contributed by atoms with Crippen LogP contribution in [0.2, 0.25) is 0 Å². The van der Waals surface area contributed by atoms with Crippen molar-refractivity contribution in [2.75, 3.05) is 32.7 Å². The second kappa shape index (κ2) is 8.44. The van der Waals surface area contributed by atoms with E-state index in [-0.39, 0.29) is 42.8 Å². The van der Waals surface area contributed by atoms with Gasteiger partial charge < -0.3 is 20.6 Å². The number of hydrogen-bond acceptors (Lipinski definition) is 4. The normalized spacial score (nSPS) is 26.9. The molecule has 0 aliphatic carbocycles. The van der Waals surface area contributed by atoms with Gasteiger partial charge in [0.05, 0.1) is 12.6 Å². The van der Waals surface area contributed by atoms with E-state index in [1.807, 2.05) is 0 Å². The Morgan fingerprint density at radius 1 is 1.35 bits per heavy atom. The van der Waals surface area contributed by atoms with Crippen LogP contribution in [-0.2, 0) is 9.59 Å². The summed E-state index contributed by atoms with van der Waals surface area (Å²) in [5.74, 6) is 0.0216.